The standard InChI is InChI=1S/C13H18ClN3/c1-4-8(2)17-12-7-10(14)5-6-11(12)16-13(17)9(3)15/h5-9H,4,15H2,1-3H3. The van der Waals surface area contributed by atoms with Crippen molar-refractivity contribution in [3.05, 3.63) is 29.0 Å². The van der Waals surface area contributed by atoms with Gasteiger partial charge in [0.25, 0.3) is 0 Å². The fraction of sp³-hybridized carbons (Fsp3) is 0.462. The van der Waals surface area contributed by atoms with Crippen LogP contribution in [-0.2, 0) is 0 Å². The summed E-state index contributed by atoms with van der Waals surface area (Å²) in [5, 5.41) is 0.734. The van der Waals surface area contributed by atoms with Gasteiger partial charge in [0, 0.05) is 11.1 Å². The first-order chi connectivity index (χ1) is 8.04. The zero-order valence-corrected chi connectivity index (χ0v) is 11.2. The van der Waals surface area contributed by atoms with Crippen LogP contribution in [0.15, 0.2) is 18.2 Å². The Hall–Kier alpha value is -1.06. The van der Waals surface area contributed by atoms with Crippen molar-refractivity contribution in [1.82, 2.24) is 9.55 Å². The molecule has 0 saturated carbocycles. The van der Waals surface area contributed by atoms with E-state index in [-0.39, 0.29) is 6.04 Å². The van der Waals surface area contributed by atoms with Crippen molar-refractivity contribution in [3.8, 4) is 0 Å². The summed E-state index contributed by atoms with van der Waals surface area (Å²) >= 11 is 6.05. The highest BCUT2D eigenvalue weighted by Gasteiger charge is 2.17. The van der Waals surface area contributed by atoms with E-state index in [1.54, 1.807) is 0 Å². The van der Waals surface area contributed by atoms with Gasteiger partial charge < -0.3 is 10.3 Å². The zero-order chi connectivity index (χ0) is 12.6. The first-order valence-corrected chi connectivity index (χ1v) is 6.35. The van der Waals surface area contributed by atoms with Gasteiger partial charge in [-0.2, -0.15) is 0 Å². The normalized spacial score (nSPS) is 15.1. The first kappa shape index (κ1) is 12.4. The summed E-state index contributed by atoms with van der Waals surface area (Å²) in [7, 11) is 0. The number of hydrogen-bond donors (Lipinski definition) is 1. The van der Waals surface area contributed by atoms with Gasteiger partial charge >= 0.3 is 0 Å². The molecule has 92 valence electrons. The summed E-state index contributed by atoms with van der Waals surface area (Å²) < 4.78 is 2.20. The van der Waals surface area contributed by atoms with Crippen molar-refractivity contribution in [1.29, 1.82) is 0 Å². The van der Waals surface area contributed by atoms with E-state index in [1.807, 2.05) is 25.1 Å². The SMILES string of the molecule is CCC(C)n1c(C(C)N)nc2ccc(Cl)cc21. The number of benzene rings is 1. The highest BCUT2D eigenvalue weighted by Crippen LogP contribution is 2.27. The maximum absolute atomic E-state index is 6.05. The van der Waals surface area contributed by atoms with E-state index in [1.165, 1.54) is 0 Å². The maximum Gasteiger partial charge on any atom is 0.126 e. The molecule has 2 unspecified atom stereocenters. The number of rotatable bonds is 3. The van der Waals surface area contributed by atoms with Crippen LogP contribution in [0.3, 0.4) is 0 Å². The van der Waals surface area contributed by atoms with Gasteiger partial charge in [-0.3, -0.25) is 0 Å². The minimum atomic E-state index is -0.0739. The molecule has 0 spiro atoms. The van der Waals surface area contributed by atoms with E-state index in [0.29, 0.717) is 6.04 Å². The topological polar surface area (TPSA) is 43.8 Å². The van der Waals surface area contributed by atoms with Crippen LogP contribution in [-0.4, -0.2) is 9.55 Å². The molecule has 0 radical (unpaired) electrons. The molecule has 1 aromatic heterocycles. The molecule has 2 rings (SSSR count). The van der Waals surface area contributed by atoms with Gasteiger partial charge in [0.15, 0.2) is 0 Å². The quantitative estimate of drug-likeness (QED) is 0.904. The van der Waals surface area contributed by atoms with Crippen molar-refractivity contribution in [2.75, 3.05) is 0 Å². The smallest absolute Gasteiger partial charge is 0.126 e. The average Bonchev–Trinajstić information content (AvgIpc) is 2.66. The Morgan fingerprint density at radius 1 is 1.41 bits per heavy atom. The van der Waals surface area contributed by atoms with Gasteiger partial charge in [0.2, 0.25) is 0 Å². The molecule has 0 saturated heterocycles. The number of halogens is 1. The van der Waals surface area contributed by atoms with E-state index in [2.05, 4.69) is 23.4 Å². The predicted octanol–water partition coefficient (Wildman–Crippen LogP) is 3.68. The van der Waals surface area contributed by atoms with Crippen LogP contribution >= 0.6 is 11.6 Å². The fourth-order valence-electron chi connectivity index (χ4n) is 2.05. The average molecular weight is 252 g/mol. The molecule has 0 bridgehead atoms. The van der Waals surface area contributed by atoms with Gasteiger partial charge in [-0.05, 0) is 38.5 Å². The van der Waals surface area contributed by atoms with Crippen LogP contribution in [0.25, 0.3) is 11.0 Å². The molecule has 1 aromatic carbocycles. The minimum absolute atomic E-state index is 0.0739. The molecule has 3 nitrogen and oxygen atoms in total. The summed E-state index contributed by atoms with van der Waals surface area (Å²) in [6.07, 6.45) is 1.04. The predicted molar refractivity (Wildman–Crippen MR) is 72.3 cm³/mol. The van der Waals surface area contributed by atoms with Crippen molar-refractivity contribution in [2.24, 2.45) is 5.73 Å². The van der Waals surface area contributed by atoms with Gasteiger partial charge in [0.1, 0.15) is 5.82 Å². The molecule has 17 heavy (non-hydrogen) atoms. The summed E-state index contributed by atoms with van der Waals surface area (Å²) in [5.41, 5.74) is 8.02. The van der Waals surface area contributed by atoms with E-state index in [9.17, 15) is 0 Å². The van der Waals surface area contributed by atoms with Crippen molar-refractivity contribution < 1.29 is 0 Å². The Balaban J connectivity index is 2.73. The van der Waals surface area contributed by atoms with Crippen LogP contribution in [0.4, 0.5) is 0 Å². The summed E-state index contributed by atoms with van der Waals surface area (Å²) in [6, 6.07) is 6.07. The second kappa shape index (κ2) is 4.67. The lowest BCUT2D eigenvalue weighted by atomic mass is 10.2. The summed E-state index contributed by atoms with van der Waals surface area (Å²) in [6.45, 7) is 6.29. The van der Waals surface area contributed by atoms with E-state index >= 15 is 0 Å². The second-order valence-corrected chi connectivity index (χ2v) is 4.96. The third-order valence-electron chi connectivity index (χ3n) is 3.12. The third-order valence-corrected chi connectivity index (χ3v) is 3.35. The lowest BCUT2D eigenvalue weighted by Gasteiger charge is -2.17. The number of nitrogens with zero attached hydrogens (tertiary/aromatic N) is 2. The van der Waals surface area contributed by atoms with Gasteiger partial charge in [-0.15, -0.1) is 0 Å². The number of imidazole rings is 1. The molecule has 4 heteroatoms. The number of nitrogens with two attached hydrogens (primary N) is 1. The van der Waals surface area contributed by atoms with Gasteiger partial charge in [-0.1, -0.05) is 18.5 Å². The Labute approximate surface area is 107 Å². The first-order valence-electron chi connectivity index (χ1n) is 5.97. The highest BCUT2D eigenvalue weighted by atomic mass is 35.5. The Kier molecular flexibility index (Phi) is 3.40. The minimum Gasteiger partial charge on any atom is -0.324 e. The van der Waals surface area contributed by atoms with Crippen molar-refractivity contribution >= 4 is 22.6 Å². The molecule has 2 atom stereocenters. The van der Waals surface area contributed by atoms with Crippen molar-refractivity contribution in [3.63, 3.8) is 0 Å². The molecular weight excluding hydrogens is 234 g/mol. The number of fused-ring (bicyclic) bond motifs is 1. The van der Waals surface area contributed by atoms with Gasteiger partial charge in [-0.25, -0.2) is 4.98 Å². The third kappa shape index (κ3) is 2.17. The lowest BCUT2D eigenvalue weighted by molar-refractivity contribution is 0.506. The maximum atomic E-state index is 6.05. The summed E-state index contributed by atoms with van der Waals surface area (Å²) in [4.78, 5) is 4.60. The molecule has 1 heterocycles. The number of hydrogen-bond acceptors (Lipinski definition) is 2. The molecule has 0 fully saturated rings. The molecule has 0 aliphatic heterocycles. The van der Waals surface area contributed by atoms with E-state index in [4.69, 9.17) is 17.3 Å². The molecule has 2 aromatic rings. The van der Waals surface area contributed by atoms with Crippen LogP contribution in [0.1, 0.15) is 45.1 Å². The van der Waals surface area contributed by atoms with Crippen molar-refractivity contribution in [2.45, 2.75) is 39.3 Å². The molecule has 0 amide bonds. The number of aromatic nitrogens is 2. The summed E-state index contributed by atoms with van der Waals surface area (Å²) in [5.74, 6) is 0.927. The van der Waals surface area contributed by atoms with Crippen LogP contribution in [0.5, 0.6) is 0 Å². The lowest BCUT2D eigenvalue weighted by Crippen LogP contribution is -2.16. The monoisotopic (exact) mass is 251 g/mol. The Bertz CT molecular complexity index is 531. The van der Waals surface area contributed by atoms with Gasteiger partial charge in [0.05, 0.1) is 17.1 Å². The molecule has 2 N–H and O–H groups in total. The van der Waals surface area contributed by atoms with E-state index in [0.717, 1.165) is 28.3 Å². The highest BCUT2D eigenvalue weighted by molar-refractivity contribution is 6.31. The Morgan fingerprint density at radius 3 is 2.71 bits per heavy atom. The molecular formula is C13H18ClN3. The Morgan fingerprint density at radius 2 is 2.12 bits per heavy atom. The van der Waals surface area contributed by atoms with E-state index < -0.39 is 0 Å². The second-order valence-electron chi connectivity index (χ2n) is 4.52. The van der Waals surface area contributed by atoms with Crippen LogP contribution < -0.4 is 5.73 Å². The largest absolute Gasteiger partial charge is 0.324 e. The molecule has 0 aliphatic carbocycles. The van der Waals surface area contributed by atoms with Crippen LogP contribution in [0, 0.1) is 0 Å². The van der Waals surface area contributed by atoms with Crippen LogP contribution in [0.2, 0.25) is 5.02 Å². The fourth-order valence-corrected chi connectivity index (χ4v) is 2.22. The zero-order valence-electron chi connectivity index (χ0n) is 10.4. The molecule has 0 aliphatic rings.